The molecule has 0 unspecified atom stereocenters. The highest BCUT2D eigenvalue weighted by atomic mass is 19.1. The fraction of sp³-hybridized carbons (Fsp3) is 0.105. The zero-order valence-electron chi connectivity index (χ0n) is 14.4. The van der Waals surface area contributed by atoms with Crippen LogP contribution >= 0.6 is 0 Å². The number of carbonyl (C=O) groups excluding carboxylic acids is 3. The first-order valence-corrected chi connectivity index (χ1v) is 8.15. The van der Waals surface area contributed by atoms with Crippen molar-refractivity contribution in [2.75, 3.05) is 12.4 Å². The Morgan fingerprint density at radius 1 is 1.00 bits per heavy atom. The maximum Gasteiger partial charge on any atom is 0.313 e. The normalized spacial score (nSPS) is 10.4. The van der Waals surface area contributed by atoms with E-state index in [4.69, 9.17) is 0 Å². The van der Waals surface area contributed by atoms with Crippen LogP contribution in [0.1, 0.15) is 16.1 Å². The summed E-state index contributed by atoms with van der Waals surface area (Å²) in [7, 11) is 1.53. The number of benzene rings is 2. The number of halogens is 1. The minimum Gasteiger partial charge on any atom is -0.354 e. The number of anilines is 1. The molecule has 27 heavy (non-hydrogen) atoms. The second-order valence-corrected chi connectivity index (χ2v) is 5.83. The molecule has 0 saturated carbocycles. The molecule has 1 heterocycles. The molecule has 2 aromatic carbocycles. The predicted octanol–water partition coefficient (Wildman–Crippen LogP) is 1.92. The molecule has 7 nitrogen and oxygen atoms in total. The van der Waals surface area contributed by atoms with Crippen molar-refractivity contribution in [2.24, 2.45) is 0 Å². The molecule has 0 aliphatic carbocycles. The van der Waals surface area contributed by atoms with Crippen LogP contribution < -0.4 is 16.0 Å². The third-order valence-corrected chi connectivity index (χ3v) is 3.92. The molecule has 3 amide bonds. The lowest BCUT2D eigenvalue weighted by Gasteiger charge is -2.07. The van der Waals surface area contributed by atoms with Crippen LogP contribution in [0, 0.1) is 5.82 Å². The lowest BCUT2D eigenvalue weighted by atomic mass is 10.2. The van der Waals surface area contributed by atoms with Gasteiger partial charge in [-0.1, -0.05) is 12.1 Å². The van der Waals surface area contributed by atoms with E-state index in [0.29, 0.717) is 16.9 Å². The van der Waals surface area contributed by atoms with Gasteiger partial charge in [-0.25, -0.2) is 4.39 Å². The molecule has 0 spiro atoms. The molecule has 0 aliphatic heterocycles. The standard InChI is InChI=1S/C19H17FN4O3/c1-21-17(25)16-9-12-8-14(6-7-15(12)24-16)23-19(27)18(26)22-10-11-2-4-13(20)5-3-11/h2-9,24H,10H2,1H3,(H,21,25)(H,22,26)(H,23,27). The Bertz CT molecular complexity index is 1010. The molecule has 3 rings (SSSR count). The summed E-state index contributed by atoms with van der Waals surface area (Å²) in [6, 6.07) is 12.2. The maximum absolute atomic E-state index is 12.9. The van der Waals surface area contributed by atoms with Gasteiger partial charge < -0.3 is 20.9 Å². The molecular formula is C19H17FN4O3. The summed E-state index contributed by atoms with van der Waals surface area (Å²) in [5.41, 5.74) is 2.22. The van der Waals surface area contributed by atoms with E-state index in [0.717, 1.165) is 10.9 Å². The number of hydrogen-bond donors (Lipinski definition) is 4. The van der Waals surface area contributed by atoms with Gasteiger partial charge in [0.2, 0.25) is 0 Å². The Kier molecular flexibility index (Phi) is 5.16. The molecule has 0 radical (unpaired) electrons. The number of amides is 3. The smallest absolute Gasteiger partial charge is 0.313 e. The highest BCUT2D eigenvalue weighted by Crippen LogP contribution is 2.20. The van der Waals surface area contributed by atoms with Crippen LogP contribution in [0.25, 0.3) is 10.9 Å². The van der Waals surface area contributed by atoms with Crippen molar-refractivity contribution in [1.82, 2.24) is 15.6 Å². The molecule has 0 atom stereocenters. The largest absolute Gasteiger partial charge is 0.354 e. The SMILES string of the molecule is CNC(=O)c1cc2cc(NC(=O)C(=O)NCc3ccc(F)cc3)ccc2[nH]1. The number of nitrogens with one attached hydrogen (secondary N) is 4. The average molecular weight is 368 g/mol. The van der Waals surface area contributed by atoms with Crippen molar-refractivity contribution in [3.8, 4) is 0 Å². The van der Waals surface area contributed by atoms with Crippen molar-refractivity contribution >= 4 is 34.3 Å². The van der Waals surface area contributed by atoms with E-state index in [2.05, 4.69) is 20.9 Å². The number of hydrogen-bond acceptors (Lipinski definition) is 3. The van der Waals surface area contributed by atoms with Crippen LogP contribution in [0.4, 0.5) is 10.1 Å². The fourth-order valence-electron chi connectivity index (χ4n) is 2.52. The van der Waals surface area contributed by atoms with Crippen molar-refractivity contribution < 1.29 is 18.8 Å². The highest BCUT2D eigenvalue weighted by molar-refractivity contribution is 6.39. The van der Waals surface area contributed by atoms with Gasteiger partial charge in [0, 0.05) is 30.2 Å². The van der Waals surface area contributed by atoms with Gasteiger partial charge in [0.05, 0.1) is 0 Å². The lowest BCUT2D eigenvalue weighted by molar-refractivity contribution is -0.136. The summed E-state index contributed by atoms with van der Waals surface area (Å²) in [4.78, 5) is 38.6. The quantitative estimate of drug-likeness (QED) is 0.529. The van der Waals surface area contributed by atoms with Gasteiger partial charge >= 0.3 is 11.8 Å². The molecule has 0 aliphatic rings. The molecule has 0 saturated heterocycles. The van der Waals surface area contributed by atoms with Gasteiger partial charge in [0.25, 0.3) is 5.91 Å². The average Bonchev–Trinajstić information content (AvgIpc) is 3.10. The Morgan fingerprint density at radius 3 is 2.44 bits per heavy atom. The minimum atomic E-state index is -0.821. The fourth-order valence-corrected chi connectivity index (χ4v) is 2.52. The predicted molar refractivity (Wildman–Crippen MR) is 98.6 cm³/mol. The lowest BCUT2D eigenvalue weighted by Crippen LogP contribution is -2.34. The first kappa shape index (κ1) is 18.1. The first-order valence-electron chi connectivity index (χ1n) is 8.15. The summed E-state index contributed by atoms with van der Waals surface area (Å²) in [5, 5.41) is 8.22. The van der Waals surface area contributed by atoms with Gasteiger partial charge in [0.15, 0.2) is 0 Å². The maximum atomic E-state index is 12.9. The zero-order chi connectivity index (χ0) is 19.4. The van der Waals surface area contributed by atoms with Gasteiger partial charge in [-0.15, -0.1) is 0 Å². The number of fused-ring (bicyclic) bond motifs is 1. The Hall–Kier alpha value is -3.68. The van der Waals surface area contributed by atoms with Crippen LogP contribution in [0.2, 0.25) is 0 Å². The molecule has 8 heteroatoms. The minimum absolute atomic E-state index is 0.110. The van der Waals surface area contributed by atoms with E-state index in [9.17, 15) is 18.8 Å². The number of carbonyl (C=O) groups is 3. The van der Waals surface area contributed by atoms with Gasteiger partial charge in [0.1, 0.15) is 11.5 Å². The highest BCUT2D eigenvalue weighted by Gasteiger charge is 2.14. The summed E-state index contributed by atoms with van der Waals surface area (Å²) >= 11 is 0. The second-order valence-electron chi connectivity index (χ2n) is 5.83. The van der Waals surface area contributed by atoms with E-state index < -0.39 is 11.8 Å². The second kappa shape index (κ2) is 7.69. The summed E-state index contributed by atoms with van der Waals surface area (Å²) in [6.07, 6.45) is 0. The number of rotatable bonds is 4. The summed E-state index contributed by atoms with van der Waals surface area (Å²) < 4.78 is 12.9. The zero-order valence-corrected chi connectivity index (χ0v) is 14.4. The first-order chi connectivity index (χ1) is 13.0. The summed E-state index contributed by atoms with van der Waals surface area (Å²) in [6.45, 7) is 0.110. The Labute approximate surface area is 154 Å². The molecule has 1 aromatic heterocycles. The molecule has 0 fully saturated rings. The molecule has 3 aromatic rings. The van der Waals surface area contributed by atoms with E-state index in [-0.39, 0.29) is 18.3 Å². The van der Waals surface area contributed by atoms with E-state index in [1.807, 2.05) is 0 Å². The van der Waals surface area contributed by atoms with Gasteiger partial charge in [-0.05, 0) is 42.0 Å². The summed E-state index contributed by atoms with van der Waals surface area (Å²) in [5.74, 6) is -2.25. The Morgan fingerprint density at radius 2 is 1.74 bits per heavy atom. The van der Waals surface area contributed by atoms with Crippen LogP contribution in [-0.4, -0.2) is 29.8 Å². The van der Waals surface area contributed by atoms with Gasteiger partial charge in [-0.2, -0.15) is 0 Å². The molecule has 138 valence electrons. The van der Waals surface area contributed by atoms with Crippen LogP contribution in [0.15, 0.2) is 48.5 Å². The number of aromatic nitrogens is 1. The van der Waals surface area contributed by atoms with E-state index in [1.165, 1.54) is 31.3 Å². The van der Waals surface area contributed by atoms with E-state index >= 15 is 0 Å². The van der Waals surface area contributed by atoms with E-state index in [1.54, 1.807) is 24.3 Å². The molecular weight excluding hydrogens is 351 g/mol. The topological polar surface area (TPSA) is 103 Å². The van der Waals surface area contributed by atoms with Gasteiger partial charge in [-0.3, -0.25) is 14.4 Å². The molecule has 4 N–H and O–H groups in total. The Balaban J connectivity index is 1.63. The third-order valence-electron chi connectivity index (χ3n) is 3.92. The monoisotopic (exact) mass is 368 g/mol. The van der Waals surface area contributed by atoms with Crippen LogP contribution in [0.5, 0.6) is 0 Å². The van der Waals surface area contributed by atoms with Crippen LogP contribution in [-0.2, 0) is 16.1 Å². The number of H-pyrrole nitrogens is 1. The van der Waals surface area contributed by atoms with Crippen molar-refractivity contribution in [2.45, 2.75) is 6.54 Å². The molecule has 0 bridgehead atoms. The third kappa shape index (κ3) is 4.30. The van der Waals surface area contributed by atoms with Crippen molar-refractivity contribution in [3.05, 3.63) is 65.6 Å². The van der Waals surface area contributed by atoms with Crippen molar-refractivity contribution in [1.29, 1.82) is 0 Å². The number of aromatic amines is 1. The van der Waals surface area contributed by atoms with Crippen molar-refractivity contribution in [3.63, 3.8) is 0 Å². The van der Waals surface area contributed by atoms with Crippen LogP contribution in [0.3, 0.4) is 0 Å².